The van der Waals surface area contributed by atoms with Crippen LogP contribution in [-0.2, 0) is 21.2 Å². The highest BCUT2D eigenvalue weighted by atomic mass is 32.2. The van der Waals surface area contributed by atoms with Crippen molar-refractivity contribution >= 4 is 27.3 Å². The second kappa shape index (κ2) is 7.95. The number of likely N-dealkylation sites (tertiary alicyclic amines) is 1. The largest absolute Gasteiger partial charge is 0.348 e. The number of likely N-dealkylation sites (N-methyl/N-ethyl adjacent to an activating group) is 1. The Hall–Kier alpha value is -1.98. The molecule has 11 heteroatoms. The van der Waals surface area contributed by atoms with E-state index in [0.29, 0.717) is 31.3 Å². The van der Waals surface area contributed by atoms with Gasteiger partial charge >= 0.3 is 5.69 Å². The molecule has 3 rings (SSSR count). The molecule has 1 fully saturated rings. The van der Waals surface area contributed by atoms with Crippen LogP contribution in [0.15, 0.2) is 22.3 Å². The van der Waals surface area contributed by atoms with Crippen molar-refractivity contribution < 1.29 is 13.2 Å². The lowest BCUT2D eigenvalue weighted by molar-refractivity contribution is -0.132. The summed E-state index contributed by atoms with van der Waals surface area (Å²) in [6.07, 6.45) is 3.32. The molecule has 0 spiro atoms. The first-order chi connectivity index (χ1) is 12.8. The maximum absolute atomic E-state index is 12.3. The fourth-order valence-corrected chi connectivity index (χ4v) is 4.24. The van der Waals surface area contributed by atoms with Crippen LogP contribution in [0, 0.1) is 5.92 Å². The fourth-order valence-electron chi connectivity index (χ4n) is 3.14. The van der Waals surface area contributed by atoms with Crippen LogP contribution in [0.5, 0.6) is 0 Å². The van der Waals surface area contributed by atoms with Crippen molar-refractivity contribution in [1.29, 1.82) is 0 Å². The number of sulfonamides is 1. The smallest absolute Gasteiger partial charge is 0.342 e. The molecule has 2 aromatic heterocycles. The first-order valence-corrected chi connectivity index (χ1v) is 11.4. The molecule has 1 saturated heterocycles. The van der Waals surface area contributed by atoms with Gasteiger partial charge in [0.25, 0.3) is 0 Å². The molecule has 3 heterocycles. The van der Waals surface area contributed by atoms with E-state index in [1.807, 2.05) is 17.5 Å². The van der Waals surface area contributed by atoms with Gasteiger partial charge in [-0.3, -0.25) is 4.79 Å². The van der Waals surface area contributed by atoms with Gasteiger partial charge in [-0.1, -0.05) is 0 Å². The number of thiophene rings is 1. The number of H-pyrrole nitrogens is 1. The molecule has 1 aliphatic heterocycles. The van der Waals surface area contributed by atoms with Crippen LogP contribution >= 0.6 is 11.3 Å². The summed E-state index contributed by atoms with van der Waals surface area (Å²) in [6, 6.07) is 3.77. The first-order valence-electron chi connectivity index (χ1n) is 8.65. The molecule has 27 heavy (non-hydrogen) atoms. The highest BCUT2D eigenvalue weighted by Gasteiger charge is 2.26. The van der Waals surface area contributed by atoms with Gasteiger partial charge in [0.1, 0.15) is 10.8 Å². The van der Waals surface area contributed by atoms with Crippen molar-refractivity contribution in [3.05, 3.63) is 33.8 Å². The first kappa shape index (κ1) is 19.8. The molecule has 0 unspecified atom stereocenters. The highest BCUT2D eigenvalue weighted by Crippen LogP contribution is 2.23. The summed E-state index contributed by atoms with van der Waals surface area (Å²) < 4.78 is 25.6. The number of hydrogen-bond acceptors (Lipinski definition) is 6. The summed E-state index contributed by atoms with van der Waals surface area (Å²) in [5.41, 5.74) is -0.246. The molecule has 0 saturated carbocycles. The summed E-state index contributed by atoms with van der Waals surface area (Å²) in [7, 11) is -1.97. The van der Waals surface area contributed by atoms with Crippen LogP contribution in [0.25, 0.3) is 5.00 Å². The predicted molar refractivity (Wildman–Crippen MR) is 103 cm³/mol. The van der Waals surface area contributed by atoms with Crippen molar-refractivity contribution in [2.45, 2.75) is 19.3 Å². The molecule has 2 aromatic rings. The van der Waals surface area contributed by atoms with Crippen LogP contribution in [-0.4, -0.2) is 71.2 Å². The van der Waals surface area contributed by atoms with Gasteiger partial charge < -0.3 is 4.90 Å². The topological polar surface area (TPSA) is 108 Å². The van der Waals surface area contributed by atoms with Crippen molar-refractivity contribution in [2.24, 2.45) is 5.92 Å². The Morgan fingerprint density at radius 3 is 2.70 bits per heavy atom. The fraction of sp³-hybridized carbons (Fsp3) is 0.562. The van der Waals surface area contributed by atoms with Crippen molar-refractivity contribution in [3.8, 4) is 5.00 Å². The zero-order chi connectivity index (χ0) is 19.6. The van der Waals surface area contributed by atoms with Crippen LogP contribution < -0.4 is 5.69 Å². The van der Waals surface area contributed by atoms with E-state index in [1.54, 1.807) is 9.47 Å². The monoisotopic (exact) mass is 413 g/mol. The Balaban J connectivity index is 1.58. The zero-order valence-corrected chi connectivity index (χ0v) is 16.9. The number of hydrogen-bond donors (Lipinski definition) is 1. The van der Waals surface area contributed by atoms with Gasteiger partial charge in [-0.2, -0.15) is 9.40 Å². The maximum atomic E-state index is 12.3. The minimum Gasteiger partial charge on any atom is -0.342 e. The van der Waals surface area contributed by atoms with Crippen molar-refractivity contribution in [2.75, 3.05) is 32.9 Å². The third-order valence-corrected chi connectivity index (χ3v) is 6.95. The summed E-state index contributed by atoms with van der Waals surface area (Å²) in [4.78, 5) is 26.0. The second-order valence-electron chi connectivity index (χ2n) is 6.78. The van der Waals surface area contributed by atoms with E-state index < -0.39 is 10.0 Å². The van der Waals surface area contributed by atoms with Gasteiger partial charge in [-0.25, -0.2) is 22.9 Å². The number of aromatic amines is 1. The lowest BCUT2D eigenvalue weighted by Crippen LogP contribution is -2.44. The summed E-state index contributed by atoms with van der Waals surface area (Å²) in [6.45, 7) is 1.02. The van der Waals surface area contributed by atoms with Crippen molar-refractivity contribution in [3.63, 3.8) is 0 Å². The molecule has 0 radical (unpaired) electrons. The quantitative estimate of drug-likeness (QED) is 0.732. The van der Waals surface area contributed by atoms with Crippen LogP contribution in [0.1, 0.15) is 18.7 Å². The van der Waals surface area contributed by atoms with Gasteiger partial charge in [0, 0.05) is 26.6 Å². The van der Waals surface area contributed by atoms with E-state index in [2.05, 4.69) is 10.2 Å². The van der Waals surface area contributed by atoms with Crippen LogP contribution in [0.3, 0.4) is 0 Å². The number of carbonyl (C=O) groups is 1. The zero-order valence-electron chi connectivity index (χ0n) is 15.3. The van der Waals surface area contributed by atoms with E-state index in [4.69, 9.17) is 0 Å². The molecular weight excluding hydrogens is 390 g/mol. The second-order valence-corrected chi connectivity index (χ2v) is 9.79. The molecule has 1 aliphatic rings. The molecule has 1 amide bonds. The van der Waals surface area contributed by atoms with Gasteiger partial charge in [-0.15, -0.1) is 11.3 Å². The molecule has 1 N–H and O–H groups in total. The molecule has 0 aromatic carbocycles. The van der Waals surface area contributed by atoms with Crippen LogP contribution in [0.4, 0.5) is 0 Å². The molecule has 9 nitrogen and oxygen atoms in total. The number of rotatable bonds is 6. The molecule has 0 atom stereocenters. The van der Waals surface area contributed by atoms with E-state index in [9.17, 15) is 18.0 Å². The van der Waals surface area contributed by atoms with E-state index >= 15 is 0 Å². The standard InChI is InChI=1S/C16H23N5O4S2/c1-19(27(2,24)25)11-14(22)20-7-5-12(6-8-20)10-13-17-18-16(23)21(13)15-4-3-9-26-15/h3-4,9,12H,5-8,10-11H2,1-2H3,(H,18,23). The number of amides is 1. The maximum Gasteiger partial charge on any atom is 0.348 e. The lowest BCUT2D eigenvalue weighted by atomic mass is 9.93. The van der Waals surface area contributed by atoms with Crippen LogP contribution in [0.2, 0.25) is 0 Å². The molecular formula is C16H23N5O4S2. The Bertz CT molecular complexity index is 940. The Kier molecular flexibility index (Phi) is 5.82. The number of piperidine rings is 1. The number of aromatic nitrogens is 3. The number of nitrogens with one attached hydrogen (secondary N) is 1. The number of carbonyl (C=O) groups excluding carboxylic acids is 1. The lowest BCUT2D eigenvalue weighted by Gasteiger charge is -2.32. The predicted octanol–water partition coefficient (Wildman–Crippen LogP) is 0.295. The number of nitrogens with zero attached hydrogens (tertiary/aromatic N) is 4. The minimum atomic E-state index is -3.37. The third-order valence-electron chi connectivity index (χ3n) is 4.83. The summed E-state index contributed by atoms with van der Waals surface area (Å²) in [5, 5.41) is 9.43. The highest BCUT2D eigenvalue weighted by molar-refractivity contribution is 7.88. The third kappa shape index (κ3) is 4.66. The van der Waals surface area contributed by atoms with E-state index in [-0.39, 0.29) is 18.1 Å². The molecule has 0 aliphatic carbocycles. The average molecular weight is 414 g/mol. The summed E-state index contributed by atoms with van der Waals surface area (Å²) in [5.74, 6) is 0.830. The van der Waals surface area contributed by atoms with E-state index in [1.165, 1.54) is 18.4 Å². The normalized spacial score (nSPS) is 16.2. The van der Waals surface area contributed by atoms with E-state index in [0.717, 1.165) is 28.4 Å². The van der Waals surface area contributed by atoms with Gasteiger partial charge in [-0.05, 0) is 36.3 Å². The Labute approximate surface area is 161 Å². The minimum absolute atomic E-state index is 0.138. The van der Waals surface area contributed by atoms with Gasteiger partial charge in [0.15, 0.2) is 0 Å². The molecule has 148 valence electrons. The molecule has 0 bridgehead atoms. The Morgan fingerprint density at radius 1 is 1.41 bits per heavy atom. The van der Waals surface area contributed by atoms with Gasteiger partial charge in [0.05, 0.1) is 12.8 Å². The Morgan fingerprint density at radius 2 is 2.11 bits per heavy atom. The summed E-state index contributed by atoms with van der Waals surface area (Å²) >= 11 is 1.48. The van der Waals surface area contributed by atoms with Crippen molar-refractivity contribution in [1.82, 2.24) is 24.0 Å². The van der Waals surface area contributed by atoms with Gasteiger partial charge in [0.2, 0.25) is 15.9 Å². The SMILES string of the molecule is CN(CC(=O)N1CCC(Cc2n[nH]c(=O)n2-c2cccs2)CC1)S(C)(=O)=O. The average Bonchev–Trinajstić information content (AvgIpc) is 3.24.